The molecule has 15 heteroatoms. The molecule has 0 bridgehead atoms. The Morgan fingerprint density at radius 2 is 1.61 bits per heavy atom. The molecule has 0 aromatic carbocycles. The number of aliphatic hydroxyl groups excluding tert-OH is 1. The van der Waals surface area contributed by atoms with Crippen molar-refractivity contribution in [2.24, 2.45) is 23.2 Å². The minimum absolute atomic E-state index is 0.0202. The Hall–Kier alpha value is -3.73. The Morgan fingerprint density at radius 3 is 2.34 bits per heavy atom. The molecule has 0 saturated carbocycles. The maximum atomic E-state index is 13.0. The largest absolute Gasteiger partial charge is 0.458 e. The zero-order chi connectivity index (χ0) is 46.3. The van der Waals surface area contributed by atoms with Crippen molar-refractivity contribution < 1.29 is 48.0 Å². The van der Waals surface area contributed by atoms with Crippen LogP contribution in [0.25, 0.3) is 0 Å². The van der Waals surface area contributed by atoms with Gasteiger partial charge in [0.15, 0.2) is 0 Å². The van der Waals surface area contributed by atoms with Crippen LogP contribution in [0.2, 0.25) is 0 Å². The van der Waals surface area contributed by atoms with E-state index in [-0.39, 0.29) is 60.2 Å². The van der Waals surface area contributed by atoms with Gasteiger partial charge in [0.1, 0.15) is 6.10 Å². The summed E-state index contributed by atoms with van der Waals surface area (Å²) in [4.78, 5) is 49.4. The van der Waals surface area contributed by atoms with E-state index in [9.17, 15) is 24.3 Å². The Kier molecular flexibility index (Phi) is 23.4. The van der Waals surface area contributed by atoms with Crippen molar-refractivity contribution >= 4 is 35.6 Å². The van der Waals surface area contributed by atoms with Crippen molar-refractivity contribution in [3.05, 3.63) is 71.9 Å². The van der Waals surface area contributed by atoms with Gasteiger partial charge in [-0.05, 0) is 51.9 Å². The zero-order valence-electron chi connectivity index (χ0n) is 39.0. The van der Waals surface area contributed by atoms with Gasteiger partial charge < -0.3 is 50.1 Å². The van der Waals surface area contributed by atoms with E-state index in [0.29, 0.717) is 64.5 Å². The molecule has 14 nitrogen and oxygen atoms in total. The number of thioether (sulfide) groups is 1. The molecule has 10 atom stereocenters. The monoisotopic (exact) mass is 913 g/mol. The van der Waals surface area contributed by atoms with Crippen LogP contribution in [-0.4, -0.2) is 130 Å². The van der Waals surface area contributed by atoms with Crippen LogP contribution < -0.4 is 21.3 Å². The van der Waals surface area contributed by atoms with Crippen LogP contribution in [0, 0.1) is 23.2 Å². The van der Waals surface area contributed by atoms with Gasteiger partial charge in [-0.3, -0.25) is 9.59 Å². The molecule has 4 amide bonds. The van der Waals surface area contributed by atoms with Crippen LogP contribution in [0.4, 0.5) is 4.79 Å². The number of urea groups is 1. The third-order valence-corrected chi connectivity index (χ3v) is 13.9. The standard InChI is InChI=1S/C49H76N4O10S/c1-34-12-11-16-44(56)63-47(36(3)18-17-35(2)32-39-13-9-10-21-49(39,6)22-19-34)37(4)46(57)38(5)51-43(55)20-24-59-26-28-61-30-31-62-29-27-60-25-23-50-42(54)15-8-7-14-41-45-40(33-64-41)52-48(58)53-45/h9,11-13,16-19,22,32,36-41,45-47,57H,7-8,10,14-15,20-21,23-31,33H2,1-6H3,(H,50,54)(H,51,55)(H2,52,53,58)/b16-11+,18-17+,22-19+,34-12-,35-32+/t36-,37-,38-,39-,40+,41+,45+,46+,47-,49+/m1/s1. The van der Waals surface area contributed by atoms with Gasteiger partial charge in [-0.15, -0.1) is 0 Å². The lowest BCUT2D eigenvalue weighted by Gasteiger charge is -2.35. The Morgan fingerprint density at radius 1 is 0.906 bits per heavy atom. The fourth-order valence-electron chi connectivity index (χ4n) is 8.35. The van der Waals surface area contributed by atoms with Crippen molar-refractivity contribution in [1.82, 2.24) is 21.3 Å². The lowest BCUT2D eigenvalue weighted by Crippen LogP contribution is -2.48. The number of carbonyl (C=O) groups is 4. The minimum atomic E-state index is -0.987. The van der Waals surface area contributed by atoms with E-state index in [4.69, 9.17) is 23.7 Å². The molecule has 64 heavy (non-hydrogen) atoms. The topological polar surface area (TPSA) is 183 Å². The fourth-order valence-corrected chi connectivity index (χ4v) is 9.90. The summed E-state index contributed by atoms with van der Waals surface area (Å²) in [6.07, 6.45) is 24.1. The third-order valence-electron chi connectivity index (χ3n) is 12.3. The number of ether oxygens (including phenoxy) is 5. The highest BCUT2D eigenvalue weighted by atomic mass is 32.2. The fraction of sp³-hybridized carbons (Fsp3) is 0.673. The molecule has 2 fully saturated rings. The average Bonchev–Trinajstić information content (AvgIpc) is 3.82. The first-order valence-electron chi connectivity index (χ1n) is 23.3. The van der Waals surface area contributed by atoms with E-state index in [0.717, 1.165) is 49.0 Å². The van der Waals surface area contributed by atoms with E-state index >= 15 is 0 Å². The maximum absolute atomic E-state index is 13.0. The summed E-state index contributed by atoms with van der Waals surface area (Å²) >= 11 is 1.89. The first-order valence-corrected chi connectivity index (χ1v) is 24.3. The van der Waals surface area contributed by atoms with Crippen molar-refractivity contribution in [3.8, 4) is 0 Å². The number of unbranched alkanes of at least 4 members (excludes halogenated alkanes) is 1. The predicted octanol–water partition coefficient (Wildman–Crippen LogP) is 5.88. The Bertz CT molecular complexity index is 1680. The zero-order valence-corrected chi connectivity index (χ0v) is 39.8. The summed E-state index contributed by atoms with van der Waals surface area (Å²) in [5, 5.41) is 23.5. The summed E-state index contributed by atoms with van der Waals surface area (Å²) in [5.41, 5.74) is 2.11. The number of nitrogens with one attached hydrogen (secondary N) is 4. The number of hydrogen-bond acceptors (Lipinski definition) is 11. The molecular formula is C49H76N4O10S. The van der Waals surface area contributed by atoms with Crippen LogP contribution in [0.3, 0.4) is 0 Å². The molecule has 3 heterocycles. The number of hydrogen-bond donors (Lipinski definition) is 5. The minimum Gasteiger partial charge on any atom is -0.458 e. The van der Waals surface area contributed by atoms with Crippen molar-refractivity contribution in [2.45, 2.75) is 122 Å². The molecule has 4 rings (SSSR count). The SMILES string of the molecule is CC1=C/C=C/C(=O)O[C@@H]([C@H](C)[C@H](O)[C@@H](C)NC(=O)CCOCCOCCOCCOCCNC(=O)CCCC[C@@H]2SC[C@@H]3NC(=O)N[C@@H]32)[C@H](C)/C=C/C(C)=C/[C@H]2C=CCC[C@@]2(C)\C=C\1. The maximum Gasteiger partial charge on any atom is 0.331 e. The number of rotatable bonds is 24. The summed E-state index contributed by atoms with van der Waals surface area (Å²) in [6.45, 7) is 15.3. The highest BCUT2D eigenvalue weighted by Gasteiger charge is 2.42. The van der Waals surface area contributed by atoms with E-state index in [2.05, 4.69) is 71.6 Å². The predicted molar refractivity (Wildman–Crippen MR) is 252 cm³/mol. The Balaban J connectivity index is 1.03. The number of amides is 4. The van der Waals surface area contributed by atoms with Crippen molar-refractivity contribution in [2.75, 3.05) is 65.2 Å². The number of cyclic esters (lactones) is 1. The quantitative estimate of drug-likeness (QED) is 0.0338. The van der Waals surface area contributed by atoms with E-state index < -0.39 is 30.1 Å². The molecule has 0 unspecified atom stereocenters. The third kappa shape index (κ3) is 18.6. The van der Waals surface area contributed by atoms with Gasteiger partial charge in [0, 0.05) is 54.2 Å². The molecule has 0 radical (unpaired) electrons. The second-order valence-electron chi connectivity index (χ2n) is 17.8. The highest BCUT2D eigenvalue weighted by Crippen LogP contribution is 2.41. The summed E-state index contributed by atoms with van der Waals surface area (Å²) in [6, 6.07) is -0.241. The van der Waals surface area contributed by atoms with Crippen LogP contribution in [0.15, 0.2) is 71.9 Å². The highest BCUT2D eigenvalue weighted by molar-refractivity contribution is 8.00. The van der Waals surface area contributed by atoms with Gasteiger partial charge in [0.05, 0.1) is 77.1 Å². The number of carbonyl (C=O) groups excluding carboxylic acids is 4. The van der Waals surface area contributed by atoms with Crippen LogP contribution in [0.1, 0.15) is 86.5 Å². The molecule has 1 aliphatic carbocycles. The number of aliphatic hydroxyl groups is 1. The normalized spacial score (nSPS) is 30.4. The van der Waals surface area contributed by atoms with Crippen molar-refractivity contribution in [3.63, 3.8) is 0 Å². The molecule has 0 aromatic rings. The molecule has 2 saturated heterocycles. The molecule has 358 valence electrons. The van der Waals surface area contributed by atoms with Gasteiger partial charge in [-0.25, -0.2) is 9.59 Å². The van der Waals surface area contributed by atoms with Gasteiger partial charge >= 0.3 is 12.0 Å². The molecular weight excluding hydrogens is 837 g/mol. The second-order valence-corrected chi connectivity index (χ2v) is 19.0. The van der Waals surface area contributed by atoms with Gasteiger partial charge in [-0.2, -0.15) is 11.8 Å². The summed E-state index contributed by atoms with van der Waals surface area (Å²) < 4.78 is 28.2. The molecule has 4 aliphatic rings. The smallest absolute Gasteiger partial charge is 0.331 e. The first-order chi connectivity index (χ1) is 30.8. The lowest BCUT2D eigenvalue weighted by molar-refractivity contribution is -0.151. The van der Waals surface area contributed by atoms with Crippen LogP contribution in [-0.2, 0) is 38.1 Å². The van der Waals surface area contributed by atoms with Crippen LogP contribution >= 0.6 is 11.8 Å². The van der Waals surface area contributed by atoms with Crippen LogP contribution in [0.5, 0.6) is 0 Å². The molecule has 0 spiro atoms. The Labute approximate surface area is 385 Å². The number of allylic oxidation sites excluding steroid dienone is 10. The average molecular weight is 913 g/mol. The molecule has 5 N–H and O–H groups in total. The van der Waals surface area contributed by atoms with Crippen molar-refractivity contribution in [1.29, 1.82) is 0 Å². The summed E-state index contributed by atoms with van der Waals surface area (Å²) in [5.74, 6) is -0.261. The van der Waals surface area contributed by atoms with Gasteiger partial charge in [0.25, 0.3) is 0 Å². The van der Waals surface area contributed by atoms with E-state index in [1.165, 1.54) is 6.08 Å². The first kappa shape index (κ1) is 52.9. The van der Waals surface area contributed by atoms with E-state index in [1.54, 1.807) is 13.0 Å². The number of esters is 1. The van der Waals surface area contributed by atoms with E-state index in [1.807, 2.05) is 44.7 Å². The molecule has 3 aliphatic heterocycles. The second kappa shape index (κ2) is 28.3. The number of fused-ring (bicyclic) bond motifs is 2. The van der Waals surface area contributed by atoms with Gasteiger partial charge in [-0.1, -0.05) is 93.0 Å². The molecule has 0 aromatic heterocycles. The van der Waals surface area contributed by atoms with Gasteiger partial charge in [0.2, 0.25) is 11.8 Å². The lowest BCUT2D eigenvalue weighted by atomic mass is 9.69. The summed E-state index contributed by atoms with van der Waals surface area (Å²) in [7, 11) is 0.